The monoisotopic (exact) mass is 482 g/mol. The van der Waals surface area contributed by atoms with Gasteiger partial charge in [0.15, 0.2) is 0 Å². The van der Waals surface area contributed by atoms with Gasteiger partial charge in [-0.2, -0.15) is 0 Å². The van der Waals surface area contributed by atoms with Crippen molar-refractivity contribution in [2.75, 3.05) is 0 Å². The Morgan fingerprint density at radius 2 is 0.500 bits per heavy atom. The molecule has 6 aliphatic rings. The summed E-state index contributed by atoms with van der Waals surface area (Å²) in [6.07, 6.45) is 35.7. The van der Waals surface area contributed by atoms with Gasteiger partial charge in [0.05, 0.1) is 0 Å². The SMILES string of the molecule is C1=CC(=C2c3ccccc3C(=C3C=CC=C3)C2C2C(=C3C=CC=C3)c3ccccc3C2=C2C=CC=C2)C=C1. The van der Waals surface area contributed by atoms with E-state index in [1.54, 1.807) is 0 Å². The van der Waals surface area contributed by atoms with Crippen LogP contribution in [0, 0.1) is 11.8 Å². The highest BCUT2D eigenvalue weighted by Crippen LogP contribution is 2.62. The highest BCUT2D eigenvalue weighted by molar-refractivity contribution is 6.08. The first-order chi connectivity index (χ1) is 18.9. The number of rotatable bonds is 1. The number of benzene rings is 2. The van der Waals surface area contributed by atoms with Crippen LogP contribution in [0.3, 0.4) is 0 Å². The maximum absolute atomic E-state index is 2.33. The molecule has 0 aliphatic heterocycles. The number of fused-ring (bicyclic) bond motifs is 2. The molecule has 8 rings (SSSR count). The molecule has 0 heteroatoms. The van der Waals surface area contributed by atoms with Crippen molar-refractivity contribution < 1.29 is 0 Å². The van der Waals surface area contributed by atoms with Gasteiger partial charge < -0.3 is 0 Å². The van der Waals surface area contributed by atoms with Crippen LogP contribution >= 0.6 is 0 Å². The molecule has 0 saturated carbocycles. The second-order valence-electron chi connectivity index (χ2n) is 10.4. The van der Waals surface area contributed by atoms with E-state index in [0.717, 1.165) is 0 Å². The molecule has 38 heavy (non-hydrogen) atoms. The zero-order valence-electron chi connectivity index (χ0n) is 21.0. The first-order valence-electron chi connectivity index (χ1n) is 13.5. The van der Waals surface area contributed by atoms with Crippen LogP contribution in [0.4, 0.5) is 0 Å². The van der Waals surface area contributed by atoms with Gasteiger partial charge in [0.1, 0.15) is 0 Å². The zero-order valence-corrected chi connectivity index (χ0v) is 21.0. The molecular weight excluding hydrogens is 456 g/mol. The average molecular weight is 483 g/mol. The zero-order chi connectivity index (χ0) is 25.1. The summed E-state index contributed by atoms with van der Waals surface area (Å²) in [5.41, 5.74) is 16.5. The lowest BCUT2D eigenvalue weighted by Crippen LogP contribution is -2.16. The Balaban J connectivity index is 1.52. The number of hydrogen-bond donors (Lipinski definition) is 0. The smallest absolute Gasteiger partial charge is 0.0224 e. The second kappa shape index (κ2) is 8.43. The third kappa shape index (κ3) is 3.04. The van der Waals surface area contributed by atoms with Crippen molar-refractivity contribution in [3.8, 4) is 0 Å². The van der Waals surface area contributed by atoms with E-state index >= 15 is 0 Å². The fraction of sp³-hybridized carbons (Fsp3) is 0.0526. The van der Waals surface area contributed by atoms with E-state index in [2.05, 4.69) is 146 Å². The summed E-state index contributed by atoms with van der Waals surface area (Å²) in [4.78, 5) is 0. The van der Waals surface area contributed by atoms with Crippen LogP contribution in [-0.4, -0.2) is 0 Å². The standard InChI is InChI=1S/C38H26/c1-2-14-25(13-1)33-29-21-9-10-22-30(29)34(26-15-3-4-16-26)37(33)38-35(27-17-5-6-18-27)31-23-11-12-24-32(31)36(38)28-19-7-8-20-28/h1-24,37-38H. The molecule has 2 aromatic carbocycles. The van der Waals surface area contributed by atoms with Gasteiger partial charge in [0.2, 0.25) is 0 Å². The lowest BCUT2D eigenvalue weighted by atomic mass is 9.73. The summed E-state index contributed by atoms with van der Waals surface area (Å²) >= 11 is 0. The van der Waals surface area contributed by atoms with E-state index in [9.17, 15) is 0 Å². The molecule has 0 saturated heterocycles. The van der Waals surface area contributed by atoms with Crippen LogP contribution in [0.5, 0.6) is 0 Å². The third-order valence-corrected chi connectivity index (χ3v) is 8.49. The van der Waals surface area contributed by atoms with Crippen molar-refractivity contribution in [3.05, 3.63) is 190 Å². The lowest BCUT2D eigenvalue weighted by Gasteiger charge is -2.29. The molecule has 0 nitrogen and oxygen atoms in total. The summed E-state index contributed by atoms with van der Waals surface area (Å²) in [6.45, 7) is 0. The van der Waals surface area contributed by atoms with Gasteiger partial charge in [-0.15, -0.1) is 0 Å². The summed E-state index contributed by atoms with van der Waals surface area (Å²) in [5, 5.41) is 0. The number of allylic oxidation sites excluding steroid dienone is 24. The molecule has 0 atom stereocenters. The quantitative estimate of drug-likeness (QED) is 0.380. The maximum atomic E-state index is 2.33. The Bertz CT molecular complexity index is 1470. The molecule has 6 aliphatic carbocycles. The Labute approximate surface area is 224 Å². The van der Waals surface area contributed by atoms with Crippen LogP contribution in [0.1, 0.15) is 22.3 Å². The Morgan fingerprint density at radius 3 is 0.711 bits per heavy atom. The van der Waals surface area contributed by atoms with Gasteiger partial charge in [-0.1, -0.05) is 146 Å². The van der Waals surface area contributed by atoms with Gasteiger partial charge in [-0.05, 0) is 66.8 Å². The fourth-order valence-corrected chi connectivity index (χ4v) is 7.09. The largest absolute Gasteiger partial charge is 0.0616 e. The third-order valence-electron chi connectivity index (χ3n) is 8.49. The van der Waals surface area contributed by atoms with Crippen molar-refractivity contribution in [2.24, 2.45) is 11.8 Å². The molecule has 0 spiro atoms. The molecule has 0 bridgehead atoms. The van der Waals surface area contributed by atoms with E-state index in [-0.39, 0.29) is 11.8 Å². The van der Waals surface area contributed by atoms with E-state index in [1.165, 1.54) is 66.8 Å². The molecule has 0 unspecified atom stereocenters. The fourth-order valence-electron chi connectivity index (χ4n) is 7.09. The molecule has 0 fully saturated rings. The Kier molecular flexibility index (Phi) is 4.75. The Hall–Kier alpha value is -4.68. The van der Waals surface area contributed by atoms with E-state index in [1.807, 2.05) is 0 Å². The molecule has 0 aromatic heterocycles. The topological polar surface area (TPSA) is 0 Å². The molecule has 178 valence electrons. The minimum atomic E-state index is 0.180. The van der Waals surface area contributed by atoms with Gasteiger partial charge in [-0.25, -0.2) is 0 Å². The summed E-state index contributed by atoms with van der Waals surface area (Å²) in [5.74, 6) is 0.360. The summed E-state index contributed by atoms with van der Waals surface area (Å²) < 4.78 is 0. The van der Waals surface area contributed by atoms with E-state index < -0.39 is 0 Å². The average Bonchev–Trinajstić information content (AvgIpc) is 3.78. The molecule has 0 radical (unpaired) electrons. The number of hydrogen-bond acceptors (Lipinski definition) is 0. The lowest BCUT2D eigenvalue weighted by molar-refractivity contribution is 0.764. The minimum absolute atomic E-state index is 0.180. The first kappa shape index (κ1) is 21.4. The maximum Gasteiger partial charge on any atom is 0.0224 e. The summed E-state index contributed by atoms with van der Waals surface area (Å²) in [7, 11) is 0. The molecule has 2 aromatic rings. The predicted octanol–water partition coefficient (Wildman–Crippen LogP) is 9.16. The Morgan fingerprint density at radius 1 is 0.289 bits per heavy atom. The van der Waals surface area contributed by atoms with E-state index in [0.29, 0.717) is 0 Å². The highest BCUT2D eigenvalue weighted by Gasteiger charge is 2.47. The second-order valence-corrected chi connectivity index (χ2v) is 10.4. The van der Waals surface area contributed by atoms with Crippen LogP contribution in [0.25, 0.3) is 22.3 Å². The van der Waals surface area contributed by atoms with Crippen molar-refractivity contribution in [2.45, 2.75) is 0 Å². The normalized spacial score (nSPS) is 20.7. The molecule has 0 heterocycles. The van der Waals surface area contributed by atoms with Crippen LogP contribution in [0.15, 0.2) is 168 Å². The minimum Gasteiger partial charge on any atom is -0.0616 e. The highest BCUT2D eigenvalue weighted by atomic mass is 14.5. The van der Waals surface area contributed by atoms with Crippen LogP contribution in [0.2, 0.25) is 0 Å². The van der Waals surface area contributed by atoms with Gasteiger partial charge in [-0.3, -0.25) is 0 Å². The van der Waals surface area contributed by atoms with Crippen molar-refractivity contribution in [1.29, 1.82) is 0 Å². The van der Waals surface area contributed by atoms with Crippen LogP contribution < -0.4 is 0 Å². The van der Waals surface area contributed by atoms with E-state index in [4.69, 9.17) is 0 Å². The van der Waals surface area contributed by atoms with Gasteiger partial charge in [0.25, 0.3) is 0 Å². The van der Waals surface area contributed by atoms with Crippen molar-refractivity contribution in [1.82, 2.24) is 0 Å². The molecule has 0 N–H and O–H groups in total. The molecular formula is C38H26. The van der Waals surface area contributed by atoms with Crippen molar-refractivity contribution >= 4 is 22.3 Å². The molecule has 0 amide bonds. The summed E-state index contributed by atoms with van der Waals surface area (Å²) in [6, 6.07) is 18.1. The van der Waals surface area contributed by atoms with Gasteiger partial charge >= 0.3 is 0 Å². The van der Waals surface area contributed by atoms with Crippen LogP contribution in [-0.2, 0) is 0 Å². The first-order valence-corrected chi connectivity index (χ1v) is 13.5. The predicted molar refractivity (Wildman–Crippen MR) is 161 cm³/mol. The van der Waals surface area contributed by atoms with Crippen molar-refractivity contribution in [3.63, 3.8) is 0 Å². The van der Waals surface area contributed by atoms with Gasteiger partial charge in [0, 0.05) is 11.8 Å².